The maximum absolute atomic E-state index is 11.9. The fraction of sp³-hybridized carbons (Fsp3) is 0. The van der Waals surface area contributed by atoms with Crippen molar-refractivity contribution in [2.75, 3.05) is 5.32 Å². The lowest BCUT2D eigenvalue weighted by molar-refractivity contribution is 0.0698. The van der Waals surface area contributed by atoms with Crippen LogP contribution in [0.2, 0.25) is 0 Å². The molecular formula is C13H9BrN2O4. The first kappa shape index (κ1) is 14.0. The first-order valence-electron chi connectivity index (χ1n) is 5.51. The third-order valence-electron chi connectivity index (χ3n) is 2.47. The minimum atomic E-state index is -1.16. The van der Waals surface area contributed by atoms with E-state index >= 15 is 0 Å². The molecule has 0 atom stereocenters. The molecule has 0 saturated heterocycles. The van der Waals surface area contributed by atoms with Gasteiger partial charge < -0.3 is 15.4 Å². The summed E-state index contributed by atoms with van der Waals surface area (Å²) < 4.78 is 0.584. The average Bonchev–Trinajstić information content (AvgIpc) is 2.40. The number of halogens is 1. The number of carboxylic acid groups (broad SMARTS) is 1. The number of hydrogen-bond acceptors (Lipinski definition) is 3. The maximum atomic E-state index is 11.9. The third-order valence-corrected chi connectivity index (χ3v) is 2.97. The van der Waals surface area contributed by atoms with Crippen molar-refractivity contribution in [1.82, 2.24) is 4.98 Å². The number of aromatic nitrogens is 1. The molecule has 0 aliphatic heterocycles. The lowest BCUT2D eigenvalue weighted by Crippen LogP contribution is -2.19. The van der Waals surface area contributed by atoms with Gasteiger partial charge in [-0.2, -0.15) is 0 Å². The topological polar surface area (TPSA) is 99.3 Å². The van der Waals surface area contributed by atoms with E-state index in [0.717, 1.165) is 0 Å². The van der Waals surface area contributed by atoms with Crippen molar-refractivity contribution in [2.45, 2.75) is 0 Å². The van der Waals surface area contributed by atoms with Gasteiger partial charge in [0.1, 0.15) is 5.69 Å². The van der Waals surface area contributed by atoms with Crippen molar-refractivity contribution in [1.29, 1.82) is 0 Å². The Balaban J connectivity index is 2.33. The second-order valence-corrected chi connectivity index (χ2v) is 4.79. The van der Waals surface area contributed by atoms with Crippen LogP contribution in [0, 0.1) is 0 Å². The summed E-state index contributed by atoms with van der Waals surface area (Å²) in [7, 11) is 0. The number of pyridine rings is 1. The van der Waals surface area contributed by atoms with Gasteiger partial charge in [-0.05, 0) is 24.3 Å². The van der Waals surface area contributed by atoms with Gasteiger partial charge in [-0.15, -0.1) is 0 Å². The molecule has 0 aliphatic rings. The molecule has 7 heteroatoms. The number of H-pyrrole nitrogens is 1. The van der Waals surface area contributed by atoms with E-state index in [0.29, 0.717) is 4.47 Å². The molecule has 2 rings (SSSR count). The van der Waals surface area contributed by atoms with Crippen molar-refractivity contribution < 1.29 is 14.7 Å². The number of amides is 1. The molecule has 0 radical (unpaired) electrons. The Morgan fingerprint density at radius 3 is 2.60 bits per heavy atom. The Labute approximate surface area is 121 Å². The first-order chi connectivity index (χ1) is 9.47. The molecule has 1 heterocycles. The third kappa shape index (κ3) is 3.12. The van der Waals surface area contributed by atoms with E-state index in [2.05, 4.69) is 26.2 Å². The van der Waals surface area contributed by atoms with Crippen molar-refractivity contribution in [2.24, 2.45) is 0 Å². The summed E-state index contributed by atoms with van der Waals surface area (Å²) in [5, 5.41) is 11.5. The van der Waals surface area contributed by atoms with Crippen LogP contribution in [0.1, 0.15) is 20.8 Å². The van der Waals surface area contributed by atoms with E-state index in [1.807, 2.05) is 0 Å². The zero-order valence-corrected chi connectivity index (χ0v) is 11.6. The zero-order valence-electron chi connectivity index (χ0n) is 10.0. The van der Waals surface area contributed by atoms with E-state index in [-0.39, 0.29) is 16.9 Å². The van der Waals surface area contributed by atoms with Crippen LogP contribution in [0.3, 0.4) is 0 Å². The molecule has 0 saturated carbocycles. The minimum Gasteiger partial charge on any atom is -0.478 e. The van der Waals surface area contributed by atoms with Crippen molar-refractivity contribution in [3.05, 3.63) is 62.5 Å². The van der Waals surface area contributed by atoms with E-state index < -0.39 is 17.4 Å². The predicted molar refractivity (Wildman–Crippen MR) is 76.1 cm³/mol. The van der Waals surface area contributed by atoms with Gasteiger partial charge in [0.15, 0.2) is 0 Å². The van der Waals surface area contributed by atoms with Crippen LogP contribution >= 0.6 is 15.9 Å². The minimum absolute atomic E-state index is 0.0500. The average molecular weight is 337 g/mol. The summed E-state index contributed by atoms with van der Waals surface area (Å²) in [6.45, 7) is 0. The number of carbonyl (C=O) groups excluding carboxylic acids is 1. The van der Waals surface area contributed by atoms with Crippen LogP contribution < -0.4 is 10.9 Å². The van der Waals surface area contributed by atoms with E-state index in [1.165, 1.54) is 30.3 Å². The van der Waals surface area contributed by atoms with Gasteiger partial charge in [-0.3, -0.25) is 9.59 Å². The van der Waals surface area contributed by atoms with Crippen LogP contribution in [0.15, 0.2) is 45.7 Å². The fourth-order valence-electron chi connectivity index (χ4n) is 1.57. The van der Waals surface area contributed by atoms with Crippen LogP contribution in [0.5, 0.6) is 0 Å². The number of carboxylic acids is 1. The number of benzene rings is 1. The number of aromatic carboxylic acids is 1. The number of carbonyl (C=O) groups is 2. The molecule has 0 aliphatic carbocycles. The molecular weight excluding hydrogens is 328 g/mol. The molecule has 20 heavy (non-hydrogen) atoms. The summed E-state index contributed by atoms with van der Waals surface area (Å²) in [4.78, 5) is 36.6. The van der Waals surface area contributed by atoms with Gasteiger partial charge in [0, 0.05) is 10.5 Å². The smallest absolute Gasteiger partial charge is 0.337 e. The molecule has 3 N–H and O–H groups in total. The summed E-state index contributed by atoms with van der Waals surface area (Å²) >= 11 is 3.16. The Morgan fingerprint density at radius 2 is 1.95 bits per heavy atom. The number of aromatic amines is 1. The Morgan fingerprint density at radius 1 is 1.20 bits per heavy atom. The molecule has 1 amide bonds. The second-order valence-electron chi connectivity index (χ2n) is 3.88. The SMILES string of the molecule is O=C(Nc1ccc(Br)cc1C(=O)O)c1cccc(=O)[nH]1. The summed E-state index contributed by atoms with van der Waals surface area (Å²) in [6, 6.07) is 8.59. The quantitative estimate of drug-likeness (QED) is 0.798. The van der Waals surface area contributed by atoms with E-state index in [4.69, 9.17) is 5.11 Å². The molecule has 6 nitrogen and oxygen atoms in total. The van der Waals surface area contributed by atoms with Gasteiger partial charge in [0.2, 0.25) is 5.56 Å². The van der Waals surface area contributed by atoms with Gasteiger partial charge >= 0.3 is 5.97 Å². The largest absolute Gasteiger partial charge is 0.478 e. The summed E-state index contributed by atoms with van der Waals surface area (Å²) in [6.07, 6.45) is 0. The van der Waals surface area contributed by atoms with Crippen molar-refractivity contribution >= 4 is 33.5 Å². The molecule has 0 unspecified atom stereocenters. The molecule has 0 fully saturated rings. The lowest BCUT2D eigenvalue weighted by Gasteiger charge is -2.08. The van der Waals surface area contributed by atoms with Gasteiger partial charge in [0.05, 0.1) is 11.3 Å². The van der Waals surface area contributed by atoms with Crippen molar-refractivity contribution in [3.8, 4) is 0 Å². The Bertz CT molecular complexity index is 739. The van der Waals surface area contributed by atoms with Gasteiger partial charge in [0.25, 0.3) is 5.91 Å². The summed E-state index contributed by atoms with van der Waals surface area (Å²) in [5.74, 6) is -1.75. The maximum Gasteiger partial charge on any atom is 0.337 e. The van der Waals surface area contributed by atoms with Crippen LogP contribution in [0.4, 0.5) is 5.69 Å². The highest BCUT2D eigenvalue weighted by atomic mass is 79.9. The van der Waals surface area contributed by atoms with Crippen LogP contribution in [-0.2, 0) is 0 Å². The Hall–Kier alpha value is -2.41. The lowest BCUT2D eigenvalue weighted by atomic mass is 10.1. The second kappa shape index (κ2) is 5.70. The van der Waals surface area contributed by atoms with E-state index in [1.54, 1.807) is 6.07 Å². The highest BCUT2D eigenvalue weighted by Crippen LogP contribution is 2.21. The van der Waals surface area contributed by atoms with Crippen molar-refractivity contribution in [3.63, 3.8) is 0 Å². The molecule has 2 aromatic rings. The standard InChI is InChI=1S/C13H9BrN2O4/c14-7-4-5-9(8(6-7)13(19)20)16-12(18)10-2-1-3-11(17)15-10/h1-6H,(H,15,17)(H,16,18)(H,19,20). The number of hydrogen-bond donors (Lipinski definition) is 3. The number of rotatable bonds is 3. The highest BCUT2D eigenvalue weighted by molar-refractivity contribution is 9.10. The molecule has 0 bridgehead atoms. The Kier molecular flexibility index (Phi) is 3.99. The fourth-order valence-corrected chi connectivity index (χ4v) is 1.93. The van der Waals surface area contributed by atoms with Gasteiger partial charge in [-0.25, -0.2) is 4.79 Å². The molecule has 1 aromatic heterocycles. The number of anilines is 1. The molecule has 102 valence electrons. The van der Waals surface area contributed by atoms with Crippen LogP contribution in [-0.4, -0.2) is 22.0 Å². The normalized spacial score (nSPS) is 10.1. The first-order valence-corrected chi connectivity index (χ1v) is 6.30. The zero-order chi connectivity index (χ0) is 14.7. The molecule has 1 aromatic carbocycles. The monoisotopic (exact) mass is 336 g/mol. The number of nitrogens with one attached hydrogen (secondary N) is 2. The predicted octanol–water partition coefficient (Wildman–Crippen LogP) is 2.09. The van der Waals surface area contributed by atoms with Crippen LogP contribution in [0.25, 0.3) is 0 Å². The highest BCUT2D eigenvalue weighted by Gasteiger charge is 2.14. The van der Waals surface area contributed by atoms with E-state index in [9.17, 15) is 14.4 Å². The van der Waals surface area contributed by atoms with Gasteiger partial charge in [-0.1, -0.05) is 22.0 Å². The summed E-state index contributed by atoms with van der Waals surface area (Å²) in [5.41, 5.74) is -0.259. The molecule has 0 spiro atoms.